The summed E-state index contributed by atoms with van der Waals surface area (Å²) in [5, 5.41) is 8.75. The summed E-state index contributed by atoms with van der Waals surface area (Å²) >= 11 is 0. The van der Waals surface area contributed by atoms with Crippen molar-refractivity contribution in [1.82, 2.24) is 15.0 Å². The number of aromatic nitrogens is 2. The molecule has 4 rings (SSSR count). The number of carbonyl (C=O) groups is 2. The fourth-order valence-corrected chi connectivity index (χ4v) is 3.62. The molecule has 0 radical (unpaired) electrons. The Labute approximate surface area is 182 Å². The lowest BCUT2D eigenvalue weighted by Crippen LogP contribution is -2.41. The Hall–Kier alpha value is -3.82. The molecule has 2 N–H and O–H groups in total. The van der Waals surface area contributed by atoms with Gasteiger partial charge in [0.15, 0.2) is 0 Å². The van der Waals surface area contributed by atoms with Gasteiger partial charge in [-0.1, -0.05) is 35.5 Å². The maximum absolute atomic E-state index is 14.3. The zero-order valence-electron chi connectivity index (χ0n) is 17.3. The molecule has 8 nitrogen and oxygen atoms in total. The summed E-state index contributed by atoms with van der Waals surface area (Å²) in [6.07, 6.45) is 2.22. The Morgan fingerprint density at radius 3 is 2.50 bits per heavy atom. The molecule has 1 saturated heterocycles. The average Bonchev–Trinajstić information content (AvgIpc) is 3.27. The molecule has 2 aromatic carbocycles. The van der Waals surface area contributed by atoms with E-state index in [1.54, 1.807) is 0 Å². The van der Waals surface area contributed by atoms with Crippen LogP contribution in [0.5, 0.6) is 0 Å². The van der Waals surface area contributed by atoms with Crippen molar-refractivity contribution < 1.29 is 22.9 Å². The molecule has 0 bridgehead atoms. The lowest BCUT2D eigenvalue weighted by Gasteiger charge is -2.33. The number of nitrogens with zero attached hydrogens (tertiary/aromatic N) is 3. The van der Waals surface area contributed by atoms with E-state index in [-0.39, 0.29) is 17.3 Å². The number of anilines is 2. The summed E-state index contributed by atoms with van der Waals surface area (Å²) < 4.78 is 33.6. The Morgan fingerprint density at radius 1 is 1.06 bits per heavy atom. The molecular weight excluding hydrogens is 420 g/mol. The number of carbonyl (C=O) groups excluding carboxylic acids is 2. The van der Waals surface area contributed by atoms with Gasteiger partial charge < -0.3 is 20.1 Å². The number of halogens is 2. The van der Waals surface area contributed by atoms with Crippen LogP contribution in [-0.2, 0) is 4.79 Å². The number of piperidine rings is 1. The highest BCUT2D eigenvalue weighted by molar-refractivity contribution is 5.93. The largest absolute Gasteiger partial charge is 0.337 e. The van der Waals surface area contributed by atoms with Crippen LogP contribution in [0.15, 0.2) is 47.0 Å². The molecule has 166 valence electrons. The van der Waals surface area contributed by atoms with Gasteiger partial charge >= 0.3 is 6.03 Å². The molecule has 10 heteroatoms. The molecule has 2 heterocycles. The zero-order chi connectivity index (χ0) is 22.7. The number of likely N-dealkylation sites (tertiary alicyclic amines) is 1. The SMILES string of the molecule is CC(=O)Nc1cc(NC(=O)N2CCCCC2c2nc(-c3ccccc3)no2)c(F)cc1F. The number of rotatable bonds is 4. The minimum atomic E-state index is -0.956. The van der Waals surface area contributed by atoms with Gasteiger partial charge in [0.1, 0.15) is 17.7 Å². The van der Waals surface area contributed by atoms with Gasteiger partial charge in [0.05, 0.1) is 11.4 Å². The van der Waals surface area contributed by atoms with E-state index in [1.807, 2.05) is 30.3 Å². The van der Waals surface area contributed by atoms with E-state index >= 15 is 0 Å². The Kier molecular flexibility index (Phi) is 6.11. The quantitative estimate of drug-likeness (QED) is 0.610. The first-order valence-electron chi connectivity index (χ1n) is 10.2. The summed E-state index contributed by atoms with van der Waals surface area (Å²) in [6, 6.07) is 9.89. The highest BCUT2D eigenvalue weighted by atomic mass is 19.1. The predicted molar refractivity (Wildman–Crippen MR) is 113 cm³/mol. The fraction of sp³-hybridized carbons (Fsp3) is 0.273. The molecule has 1 aliphatic rings. The average molecular weight is 441 g/mol. The van der Waals surface area contributed by atoms with Crippen molar-refractivity contribution in [1.29, 1.82) is 0 Å². The van der Waals surface area contributed by atoms with Crippen molar-refractivity contribution in [3.05, 3.63) is 60.0 Å². The van der Waals surface area contributed by atoms with Crippen LogP contribution in [0.3, 0.4) is 0 Å². The van der Waals surface area contributed by atoms with Crippen molar-refractivity contribution in [3.63, 3.8) is 0 Å². The molecular formula is C22H21F2N5O3. The highest BCUT2D eigenvalue weighted by Gasteiger charge is 2.33. The minimum Gasteiger partial charge on any atom is -0.337 e. The number of amides is 3. The smallest absolute Gasteiger partial charge is 0.322 e. The maximum atomic E-state index is 14.3. The van der Waals surface area contributed by atoms with E-state index in [1.165, 1.54) is 11.8 Å². The number of hydrogen-bond donors (Lipinski definition) is 2. The van der Waals surface area contributed by atoms with Crippen LogP contribution in [0.2, 0.25) is 0 Å². The van der Waals surface area contributed by atoms with E-state index in [0.29, 0.717) is 24.9 Å². The molecule has 1 atom stereocenters. The second kappa shape index (κ2) is 9.13. The molecule has 0 aliphatic carbocycles. The lowest BCUT2D eigenvalue weighted by atomic mass is 10.0. The van der Waals surface area contributed by atoms with Crippen molar-refractivity contribution in [2.45, 2.75) is 32.2 Å². The van der Waals surface area contributed by atoms with Gasteiger partial charge in [-0.3, -0.25) is 4.79 Å². The predicted octanol–water partition coefficient (Wildman–Crippen LogP) is 4.73. The molecule has 1 unspecified atom stereocenters. The molecule has 0 spiro atoms. The molecule has 3 aromatic rings. The highest BCUT2D eigenvalue weighted by Crippen LogP contribution is 2.32. The number of benzene rings is 2. The van der Waals surface area contributed by atoms with E-state index in [9.17, 15) is 18.4 Å². The molecule has 0 saturated carbocycles. The van der Waals surface area contributed by atoms with Gasteiger partial charge in [-0.05, 0) is 25.3 Å². The van der Waals surface area contributed by atoms with Crippen molar-refractivity contribution in [3.8, 4) is 11.4 Å². The van der Waals surface area contributed by atoms with E-state index < -0.39 is 29.6 Å². The Morgan fingerprint density at radius 2 is 1.78 bits per heavy atom. The minimum absolute atomic E-state index is 0.228. The lowest BCUT2D eigenvalue weighted by molar-refractivity contribution is -0.114. The summed E-state index contributed by atoms with van der Waals surface area (Å²) in [4.78, 5) is 30.2. The third-order valence-corrected chi connectivity index (χ3v) is 5.13. The van der Waals surface area contributed by atoms with Crippen molar-refractivity contribution >= 4 is 23.3 Å². The third kappa shape index (κ3) is 4.58. The molecule has 1 aliphatic heterocycles. The van der Waals surface area contributed by atoms with Crippen LogP contribution in [-0.4, -0.2) is 33.5 Å². The van der Waals surface area contributed by atoms with Crippen molar-refractivity contribution in [2.75, 3.05) is 17.2 Å². The van der Waals surface area contributed by atoms with Gasteiger partial charge in [-0.25, -0.2) is 13.6 Å². The van der Waals surface area contributed by atoms with Gasteiger partial charge in [-0.2, -0.15) is 4.98 Å². The van der Waals surface area contributed by atoms with Crippen molar-refractivity contribution in [2.24, 2.45) is 0 Å². The van der Waals surface area contributed by atoms with Crippen LogP contribution in [0.4, 0.5) is 25.0 Å². The second-order valence-electron chi connectivity index (χ2n) is 7.45. The van der Waals surface area contributed by atoms with E-state index in [4.69, 9.17) is 4.52 Å². The number of hydrogen-bond acceptors (Lipinski definition) is 5. The van der Waals surface area contributed by atoms with Crippen LogP contribution < -0.4 is 10.6 Å². The molecule has 1 aromatic heterocycles. The maximum Gasteiger partial charge on any atom is 0.322 e. The van der Waals surface area contributed by atoms with Crippen LogP contribution >= 0.6 is 0 Å². The molecule has 3 amide bonds. The first-order chi connectivity index (χ1) is 15.4. The van der Waals surface area contributed by atoms with Crippen LogP contribution in [0.1, 0.15) is 38.1 Å². The summed E-state index contributed by atoms with van der Waals surface area (Å²) in [5.74, 6) is -1.71. The first kappa shape index (κ1) is 21.4. The van der Waals surface area contributed by atoms with Gasteiger partial charge in [-0.15, -0.1) is 0 Å². The first-order valence-corrected chi connectivity index (χ1v) is 10.2. The third-order valence-electron chi connectivity index (χ3n) is 5.13. The standard InChI is InChI=1S/C22H21F2N5O3/c1-13(30)25-17-12-18(16(24)11-15(17)23)26-22(31)29-10-6-5-9-19(29)21-27-20(28-32-21)14-7-3-2-4-8-14/h2-4,7-8,11-12,19H,5-6,9-10H2,1H3,(H,25,30)(H,26,31). The van der Waals surface area contributed by atoms with Crippen LogP contribution in [0.25, 0.3) is 11.4 Å². The Balaban J connectivity index is 1.55. The van der Waals surface area contributed by atoms with Crippen LogP contribution in [0, 0.1) is 11.6 Å². The number of urea groups is 1. The van der Waals surface area contributed by atoms with E-state index in [2.05, 4.69) is 20.8 Å². The Bertz CT molecular complexity index is 1140. The molecule has 32 heavy (non-hydrogen) atoms. The van der Waals surface area contributed by atoms with E-state index in [0.717, 1.165) is 24.5 Å². The summed E-state index contributed by atoms with van der Waals surface area (Å²) in [6.45, 7) is 1.61. The fourth-order valence-electron chi connectivity index (χ4n) is 3.62. The van der Waals surface area contributed by atoms with Gasteiger partial charge in [0, 0.05) is 25.1 Å². The second-order valence-corrected chi connectivity index (χ2v) is 7.45. The van der Waals surface area contributed by atoms with Gasteiger partial charge in [0.25, 0.3) is 0 Å². The topological polar surface area (TPSA) is 100 Å². The monoisotopic (exact) mass is 441 g/mol. The molecule has 1 fully saturated rings. The van der Waals surface area contributed by atoms with Gasteiger partial charge in [0.2, 0.25) is 17.6 Å². The zero-order valence-corrected chi connectivity index (χ0v) is 17.3. The normalized spacial score (nSPS) is 16.0. The summed E-state index contributed by atoms with van der Waals surface area (Å²) in [5.41, 5.74) is 0.307. The summed E-state index contributed by atoms with van der Waals surface area (Å²) in [7, 11) is 0. The number of nitrogens with one attached hydrogen (secondary N) is 2.